The average molecular weight is 320 g/mol. The highest BCUT2D eigenvalue weighted by Gasteiger charge is 2.30. The Morgan fingerprint density at radius 2 is 2.35 bits per heavy atom. The van der Waals surface area contributed by atoms with Crippen molar-refractivity contribution in [1.29, 1.82) is 0 Å². The van der Waals surface area contributed by atoms with Gasteiger partial charge in [0.05, 0.1) is 11.6 Å². The lowest BCUT2D eigenvalue weighted by atomic mass is 10.0. The van der Waals surface area contributed by atoms with Gasteiger partial charge in [-0.05, 0) is 24.8 Å². The van der Waals surface area contributed by atoms with Gasteiger partial charge in [-0.25, -0.2) is 13.4 Å². The average Bonchev–Trinajstić information content (AvgIpc) is 2.42. The Morgan fingerprint density at radius 3 is 3.00 bits per heavy atom. The van der Waals surface area contributed by atoms with Crippen LogP contribution in [0.3, 0.4) is 0 Å². The van der Waals surface area contributed by atoms with E-state index in [1.54, 1.807) is 7.11 Å². The number of anilines is 1. The van der Waals surface area contributed by atoms with Crippen LogP contribution in [0.25, 0.3) is 0 Å². The van der Waals surface area contributed by atoms with Crippen LogP contribution in [-0.4, -0.2) is 44.5 Å². The standard InChI is InChI=1S/C12H18ClN3O3S/c1-19-8-9-3-2-4-16(7-9)20(17,18)10-5-11(13)12(14)15-6-10/h5-6,9H,2-4,7-8H2,1H3,(H2,14,15). The predicted molar refractivity (Wildman–Crippen MR) is 77.0 cm³/mol. The monoisotopic (exact) mass is 319 g/mol. The largest absolute Gasteiger partial charge is 0.384 e. The van der Waals surface area contributed by atoms with Gasteiger partial charge < -0.3 is 10.5 Å². The van der Waals surface area contributed by atoms with E-state index in [0.717, 1.165) is 12.8 Å². The molecule has 0 bridgehead atoms. The second-order valence-electron chi connectivity index (χ2n) is 4.86. The number of nitrogens with zero attached hydrogens (tertiary/aromatic N) is 2. The highest BCUT2D eigenvalue weighted by Crippen LogP contribution is 2.26. The molecule has 6 nitrogen and oxygen atoms in total. The van der Waals surface area contributed by atoms with Crippen LogP contribution in [0.15, 0.2) is 17.2 Å². The molecule has 0 aromatic carbocycles. The fraction of sp³-hybridized carbons (Fsp3) is 0.583. The molecule has 1 aliphatic rings. The molecule has 1 aromatic heterocycles. The Hall–Kier alpha value is -0.890. The van der Waals surface area contributed by atoms with Crippen molar-refractivity contribution in [3.8, 4) is 0 Å². The SMILES string of the molecule is COCC1CCCN(S(=O)(=O)c2cnc(N)c(Cl)c2)C1. The summed E-state index contributed by atoms with van der Waals surface area (Å²) < 4.78 is 31.7. The Kier molecular flexibility index (Phi) is 4.85. The first-order valence-corrected chi connectivity index (χ1v) is 8.17. The zero-order valence-electron chi connectivity index (χ0n) is 11.3. The molecule has 1 aliphatic heterocycles. The molecule has 2 N–H and O–H groups in total. The fourth-order valence-corrected chi connectivity index (χ4v) is 4.10. The first-order valence-electron chi connectivity index (χ1n) is 6.35. The Bertz CT molecular complexity index is 577. The van der Waals surface area contributed by atoms with Gasteiger partial charge >= 0.3 is 0 Å². The lowest BCUT2D eigenvalue weighted by molar-refractivity contribution is 0.118. The van der Waals surface area contributed by atoms with Crippen molar-refractivity contribution in [2.45, 2.75) is 17.7 Å². The van der Waals surface area contributed by atoms with Crippen molar-refractivity contribution < 1.29 is 13.2 Å². The van der Waals surface area contributed by atoms with Gasteiger partial charge in [-0.1, -0.05) is 11.6 Å². The summed E-state index contributed by atoms with van der Waals surface area (Å²) in [6.45, 7) is 1.52. The van der Waals surface area contributed by atoms with E-state index in [2.05, 4.69) is 4.98 Å². The maximum Gasteiger partial charge on any atom is 0.244 e. The highest BCUT2D eigenvalue weighted by molar-refractivity contribution is 7.89. The molecule has 0 radical (unpaired) electrons. The van der Waals surface area contributed by atoms with Gasteiger partial charge in [-0.3, -0.25) is 0 Å². The number of rotatable bonds is 4. The number of pyridine rings is 1. The maximum absolute atomic E-state index is 12.5. The molecule has 8 heteroatoms. The Morgan fingerprint density at radius 1 is 1.60 bits per heavy atom. The van der Waals surface area contributed by atoms with Crippen LogP contribution in [0.2, 0.25) is 5.02 Å². The summed E-state index contributed by atoms with van der Waals surface area (Å²) in [6.07, 6.45) is 3.04. The number of methoxy groups -OCH3 is 1. The number of nitrogen functional groups attached to an aromatic ring is 1. The fourth-order valence-electron chi connectivity index (χ4n) is 2.34. The van der Waals surface area contributed by atoms with Gasteiger partial charge in [0.25, 0.3) is 0 Å². The number of ether oxygens (including phenoxy) is 1. The number of hydrogen-bond donors (Lipinski definition) is 1. The zero-order chi connectivity index (χ0) is 14.8. The van der Waals surface area contributed by atoms with Gasteiger partial charge in [-0.15, -0.1) is 0 Å². The van der Waals surface area contributed by atoms with E-state index in [-0.39, 0.29) is 21.7 Å². The minimum Gasteiger partial charge on any atom is -0.384 e. The molecule has 112 valence electrons. The summed E-state index contributed by atoms with van der Waals surface area (Å²) in [6, 6.07) is 1.35. The smallest absolute Gasteiger partial charge is 0.244 e. The predicted octanol–water partition coefficient (Wildman–Crippen LogP) is 1.36. The Labute approximate surface area is 123 Å². The third-order valence-electron chi connectivity index (χ3n) is 3.37. The summed E-state index contributed by atoms with van der Waals surface area (Å²) in [5, 5.41) is 0.150. The van der Waals surface area contributed by atoms with Crippen LogP contribution in [0.1, 0.15) is 12.8 Å². The van der Waals surface area contributed by atoms with Crippen molar-refractivity contribution in [3.63, 3.8) is 0 Å². The van der Waals surface area contributed by atoms with Gasteiger partial charge in [0, 0.05) is 26.4 Å². The third-order valence-corrected chi connectivity index (χ3v) is 5.50. The van der Waals surface area contributed by atoms with E-state index >= 15 is 0 Å². The number of sulfonamides is 1. The van der Waals surface area contributed by atoms with E-state index < -0.39 is 10.0 Å². The van der Waals surface area contributed by atoms with Crippen LogP contribution in [0.5, 0.6) is 0 Å². The van der Waals surface area contributed by atoms with E-state index in [0.29, 0.717) is 19.7 Å². The lowest BCUT2D eigenvalue weighted by Crippen LogP contribution is -2.41. The van der Waals surface area contributed by atoms with Crippen molar-refractivity contribution in [3.05, 3.63) is 17.3 Å². The van der Waals surface area contributed by atoms with Crippen LogP contribution < -0.4 is 5.73 Å². The Balaban J connectivity index is 2.23. The summed E-state index contributed by atoms with van der Waals surface area (Å²) in [7, 11) is -1.96. The molecule has 20 heavy (non-hydrogen) atoms. The summed E-state index contributed by atoms with van der Waals surface area (Å²) >= 11 is 5.85. The summed E-state index contributed by atoms with van der Waals surface area (Å²) in [4.78, 5) is 3.89. The van der Waals surface area contributed by atoms with Gasteiger partial charge in [0.1, 0.15) is 10.7 Å². The summed E-state index contributed by atoms with van der Waals surface area (Å²) in [5.41, 5.74) is 5.50. The van der Waals surface area contributed by atoms with Crippen molar-refractivity contribution in [2.24, 2.45) is 5.92 Å². The topological polar surface area (TPSA) is 85.5 Å². The first-order chi connectivity index (χ1) is 9.45. The zero-order valence-corrected chi connectivity index (χ0v) is 12.8. The quantitative estimate of drug-likeness (QED) is 0.905. The molecule has 0 saturated carbocycles. The molecule has 1 aromatic rings. The molecular weight excluding hydrogens is 302 g/mol. The van der Waals surface area contributed by atoms with Gasteiger partial charge in [-0.2, -0.15) is 4.31 Å². The minimum atomic E-state index is -3.58. The van der Waals surface area contributed by atoms with Gasteiger partial charge in [0.2, 0.25) is 10.0 Å². The van der Waals surface area contributed by atoms with E-state index in [1.807, 2.05) is 0 Å². The molecule has 1 saturated heterocycles. The number of hydrogen-bond acceptors (Lipinski definition) is 5. The number of piperidine rings is 1. The first kappa shape index (κ1) is 15.5. The number of nitrogens with two attached hydrogens (primary N) is 1. The van der Waals surface area contributed by atoms with Crippen LogP contribution >= 0.6 is 11.6 Å². The molecule has 0 spiro atoms. The molecule has 0 aliphatic carbocycles. The van der Waals surface area contributed by atoms with Crippen LogP contribution in [0, 0.1) is 5.92 Å². The lowest BCUT2D eigenvalue weighted by Gasteiger charge is -2.31. The molecule has 1 fully saturated rings. The second-order valence-corrected chi connectivity index (χ2v) is 7.21. The minimum absolute atomic E-state index is 0.0785. The van der Waals surface area contributed by atoms with E-state index in [9.17, 15) is 8.42 Å². The van der Waals surface area contributed by atoms with Crippen molar-refractivity contribution in [1.82, 2.24) is 9.29 Å². The number of halogens is 1. The summed E-state index contributed by atoms with van der Waals surface area (Å²) in [5.74, 6) is 0.349. The van der Waals surface area contributed by atoms with Crippen LogP contribution in [0.4, 0.5) is 5.82 Å². The van der Waals surface area contributed by atoms with Crippen molar-refractivity contribution >= 4 is 27.4 Å². The maximum atomic E-state index is 12.5. The van der Waals surface area contributed by atoms with E-state index in [1.165, 1.54) is 16.6 Å². The molecule has 0 amide bonds. The highest BCUT2D eigenvalue weighted by atomic mass is 35.5. The van der Waals surface area contributed by atoms with Crippen molar-refractivity contribution in [2.75, 3.05) is 32.5 Å². The normalized spacial score (nSPS) is 21.0. The molecular formula is C12H18ClN3O3S. The molecule has 1 unspecified atom stereocenters. The molecule has 2 heterocycles. The second kappa shape index (κ2) is 6.26. The molecule has 2 rings (SSSR count). The third kappa shape index (κ3) is 3.22. The number of aromatic nitrogens is 1. The van der Waals surface area contributed by atoms with Gasteiger partial charge in [0.15, 0.2) is 0 Å². The van der Waals surface area contributed by atoms with Crippen LogP contribution in [-0.2, 0) is 14.8 Å². The molecule has 1 atom stereocenters. The van der Waals surface area contributed by atoms with E-state index in [4.69, 9.17) is 22.1 Å².